The molecule has 4 rings (SSSR count). The molecule has 3 aromatic rings. The van der Waals surface area contributed by atoms with Gasteiger partial charge in [0.15, 0.2) is 0 Å². The maximum absolute atomic E-state index is 13.0. The van der Waals surface area contributed by atoms with Crippen molar-refractivity contribution in [1.82, 2.24) is 15.2 Å². The molecule has 0 saturated carbocycles. The number of hydrogen-bond donors (Lipinski definition) is 1. The molecule has 0 bridgehead atoms. The lowest BCUT2D eigenvalue weighted by molar-refractivity contribution is 0.0938. The number of aromatic nitrogens is 1. The van der Waals surface area contributed by atoms with Crippen molar-refractivity contribution in [2.75, 3.05) is 13.1 Å². The Morgan fingerprint density at radius 3 is 2.80 bits per heavy atom. The number of pyridine rings is 1. The molecule has 128 valence electrons. The molecule has 1 saturated heterocycles. The van der Waals surface area contributed by atoms with Crippen LogP contribution < -0.4 is 5.32 Å². The van der Waals surface area contributed by atoms with E-state index in [1.165, 1.54) is 0 Å². The molecule has 1 N–H and O–H groups in total. The number of nitrogens with zero attached hydrogens (tertiary/aromatic N) is 2. The fourth-order valence-corrected chi connectivity index (χ4v) is 3.74. The highest BCUT2D eigenvalue weighted by Gasteiger charge is 2.26. The minimum atomic E-state index is -0.0231. The molecule has 1 unspecified atom stereocenters. The van der Waals surface area contributed by atoms with Gasteiger partial charge in [-0.1, -0.05) is 30.3 Å². The molecule has 1 fully saturated rings. The molecule has 1 aliphatic rings. The molecule has 4 heteroatoms. The molecule has 2 aromatic carbocycles. The highest BCUT2D eigenvalue weighted by atomic mass is 16.1. The van der Waals surface area contributed by atoms with Crippen LogP contribution in [0.4, 0.5) is 0 Å². The molecule has 2 heterocycles. The molecule has 0 aliphatic carbocycles. The van der Waals surface area contributed by atoms with Crippen LogP contribution >= 0.6 is 0 Å². The number of fused-ring (bicyclic) bond motifs is 3. The van der Waals surface area contributed by atoms with E-state index < -0.39 is 0 Å². The van der Waals surface area contributed by atoms with Crippen molar-refractivity contribution in [3.8, 4) is 0 Å². The molecule has 25 heavy (non-hydrogen) atoms. The summed E-state index contributed by atoms with van der Waals surface area (Å²) in [5.74, 6) is -0.0231. The van der Waals surface area contributed by atoms with Gasteiger partial charge in [0.05, 0.1) is 11.1 Å². The lowest BCUT2D eigenvalue weighted by Crippen LogP contribution is -2.38. The molecular formula is C21H23N3O. The average molecular weight is 333 g/mol. The third-order valence-electron chi connectivity index (χ3n) is 5.14. The molecule has 0 radical (unpaired) electrons. The second-order valence-corrected chi connectivity index (χ2v) is 7.09. The number of amides is 1. The maximum Gasteiger partial charge on any atom is 0.253 e. The van der Waals surface area contributed by atoms with Crippen molar-refractivity contribution in [3.63, 3.8) is 0 Å². The van der Waals surface area contributed by atoms with E-state index in [4.69, 9.17) is 0 Å². The maximum atomic E-state index is 13.0. The Kier molecular flexibility index (Phi) is 4.14. The normalized spacial score (nSPS) is 18.3. The summed E-state index contributed by atoms with van der Waals surface area (Å²) in [5.41, 5.74) is 1.44. The minimum Gasteiger partial charge on any atom is -0.348 e. The van der Waals surface area contributed by atoms with Crippen LogP contribution in [0.3, 0.4) is 0 Å². The van der Waals surface area contributed by atoms with Crippen LogP contribution in [0.15, 0.2) is 48.7 Å². The zero-order valence-corrected chi connectivity index (χ0v) is 14.7. The monoisotopic (exact) mass is 333 g/mol. The van der Waals surface area contributed by atoms with E-state index in [0.717, 1.165) is 41.2 Å². The van der Waals surface area contributed by atoms with Gasteiger partial charge >= 0.3 is 0 Å². The Hall–Kier alpha value is -2.46. The molecule has 0 spiro atoms. The minimum absolute atomic E-state index is 0.0231. The van der Waals surface area contributed by atoms with Crippen molar-refractivity contribution >= 4 is 27.6 Å². The Balaban J connectivity index is 1.69. The van der Waals surface area contributed by atoms with Crippen LogP contribution in [-0.2, 0) is 0 Å². The number of hydrogen-bond acceptors (Lipinski definition) is 3. The first-order valence-corrected chi connectivity index (χ1v) is 8.95. The van der Waals surface area contributed by atoms with Crippen molar-refractivity contribution < 1.29 is 4.79 Å². The summed E-state index contributed by atoms with van der Waals surface area (Å²) in [4.78, 5) is 19.9. The van der Waals surface area contributed by atoms with E-state index in [0.29, 0.717) is 11.6 Å². The molecule has 1 aromatic heterocycles. The zero-order valence-electron chi connectivity index (χ0n) is 14.7. The Labute approximate surface area is 147 Å². The first-order valence-electron chi connectivity index (χ1n) is 8.95. The third-order valence-corrected chi connectivity index (χ3v) is 5.14. The number of likely N-dealkylation sites (tertiary alicyclic amines) is 1. The lowest BCUT2D eigenvalue weighted by Gasteiger charge is -2.20. The van der Waals surface area contributed by atoms with Crippen LogP contribution in [-0.4, -0.2) is 41.0 Å². The van der Waals surface area contributed by atoms with Crippen LogP contribution in [0.25, 0.3) is 21.7 Å². The predicted octanol–water partition coefficient (Wildman–Crippen LogP) is 3.60. The van der Waals surface area contributed by atoms with Gasteiger partial charge in [-0.25, -0.2) is 0 Å². The second kappa shape index (κ2) is 6.45. The van der Waals surface area contributed by atoms with Crippen molar-refractivity contribution in [3.05, 3.63) is 54.2 Å². The summed E-state index contributed by atoms with van der Waals surface area (Å²) >= 11 is 0. The van der Waals surface area contributed by atoms with Crippen molar-refractivity contribution in [2.24, 2.45) is 0 Å². The number of benzene rings is 2. The topological polar surface area (TPSA) is 45.2 Å². The Morgan fingerprint density at radius 2 is 2.00 bits per heavy atom. The first kappa shape index (κ1) is 16.0. The zero-order chi connectivity index (χ0) is 17.4. The van der Waals surface area contributed by atoms with Gasteiger partial charge in [-0.3, -0.25) is 14.7 Å². The predicted molar refractivity (Wildman–Crippen MR) is 102 cm³/mol. The summed E-state index contributed by atoms with van der Waals surface area (Å²) in [5, 5.41) is 6.45. The number of carbonyl (C=O) groups excluding carboxylic acids is 1. The molecule has 1 amide bonds. The molecule has 1 aliphatic heterocycles. The average Bonchev–Trinajstić information content (AvgIpc) is 3.10. The summed E-state index contributed by atoms with van der Waals surface area (Å²) in [7, 11) is 0. The van der Waals surface area contributed by atoms with E-state index >= 15 is 0 Å². The number of nitrogens with one attached hydrogen (secondary N) is 1. The summed E-state index contributed by atoms with van der Waals surface area (Å²) in [6.07, 6.45) is 2.76. The quantitative estimate of drug-likeness (QED) is 0.745. The highest BCUT2D eigenvalue weighted by Crippen LogP contribution is 2.27. The van der Waals surface area contributed by atoms with Gasteiger partial charge in [-0.15, -0.1) is 0 Å². The fraction of sp³-hybridized carbons (Fsp3) is 0.333. The van der Waals surface area contributed by atoms with E-state index in [9.17, 15) is 4.79 Å². The standard InChI is InChI=1S/C21H23N3O/c1-14(2)24-11-9-16(13-24)23-21(25)19-12-15-6-3-4-7-17(15)18-8-5-10-22-20(18)19/h3-8,10,12,14,16H,9,11,13H2,1-2H3,(H,23,25). The summed E-state index contributed by atoms with van der Waals surface area (Å²) in [6, 6.07) is 14.8. The van der Waals surface area contributed by atoms with E-state index in [1.807, 2.05) is 30.3 Å². The summed E-state index contributed by atoms with van der Waals surface area (Å²) in [6.45, 7) is 6.36. The van der Waals surface area contributed by atoms with Crippen LogP contribution in [0, 0.1) is 0 Å². The summed E-state index contributed by atoms with van der Waals surface area (Å²) < 4.78 is 0. The Bertz CT molecular complexity index is 935. The van der Waals surface area contributed by atoms with Gasteiger partial charge < -0.3 is 5.32 Å². The number of carbonyl (C=O) groups is 1. The molecule has 1 atom stereocenters. The second-order valence-electron chi connectivity index (χ2n) is 7.09. The van der Waals surface area contributed by atoms with Gasteiger partial charge in [0.2, 0.25) is 0 Å². The Morgan fingerprint density at radius 1 is 1.20 bits per heavy atom. The van der Waals surface area contributed by atoms with Crippen molar-refractivity contribution in [1.29, 1.82) is 0 Å². The fourth-order valence-electron chi connectivity index (χ4n) is 3.74. The van der Waals surface area contributed by atoms with Gasteiger partial charge in [-0.2, -0.15) is 0 Å². The van der Waals surface area contributed by atoms with E-state index in [-0.39, 0.29) is 11.9 Å². The largest absolute Gasteiger partial charge is 0.348 e. The number of rotatable bonds is 3. The lowest BCUT2D eigenvalue weighted by atomic mass is 10.00. The van der Waals surface area contributed by atoms with Gasteiger partial charge in [0.25, 0.3) is 5.91 Å². The van der Waals surface area contributed by atoms with Gasteiger partial charge in [0.1, 0.15) is 0 Å². The van der Waals surface area contributed by atoms with Crippen molar-refractivity contribution in [2.45, 2.75) is 32.4 Å². The SMILES string of the molecule is CC(C)N1CCC(NC(=O)c2cc3ccccc3c3cccnc23)C1. The first-order chi connectivity index (χ1) is 12.1. The molecular weight excluding hydrogens is 310 g/mol. The third kappa shape index (κ3) is 2.98. The van der Waals surface area contributed by atoms with E-state index in [2.05, 4.69) is 41.2 Å². The van der Waals surface area contributed by atoms with Crippen LogP contribution in [0.1, 0.15) is 30.6 Å². The van der Waals surface area contributed by atoms with Gasteiger partial charge in [-0.05, 0) is 43.2 Å². The molecule has 4 nitrogen and oxygen atoms in total. The smallest absolute Gasteiger partial charge is 0.253 e. The highest BCUT2D eigenvalue weighted by molar-refractivity contribution is 6.15. The van der Waals surface area contributed by atoms with Crippen LogP contribution in [0.2, 0.25) is 0 Å². The van der Waals surface area contributed by atoms with Crippen LogP contribution in [0.5, 0.6) is 0 Å². The van der Waals surface area contributed by atoms with E-state index in [1.54, 1.807) is 6.20 Å². The van der Waals surface area contributed by atoms with Gasteiger partial charge in [0, 0.05) is 36.8 Å².